The molecular formula is C15H11Cl2FO. The summed E-state index contributed by atoms with van der Waals surface area (Å²) in [5.41, 5.74) is 1.56. The second kappa shape index (κ2) is 5.72. The third kappa shape index (κ3) is 3.34. The normalized spacial score (nSPS) is 10.5. The maximum absolute atomic E-state index is 13.6. The first-order valence-electron chi connectivity index (χ1n) is 5.70. The summed E-state index contributed by atoms with van der Waals surface area (Å²) in [6, 6.07) is 9.37. The maximum atomic E-state index is 13.6. The number of rotatable bonds is 3. The van der Waals surface area contributed by atoms with E-state index in [-0.39, 0.29) is 17.8 Å². The minimum absolute atomic E-state index is 0.0520. The van der Waals surface area contributed by atoms with Crippen LogP contribution in [-0.4, -0.2) is 5.78 Å². The summed E-state index contributed by atoms with van der Waals surface area (Å²) in [4.78, 5) is 12.1. The summed E-state index contributed by atoms with van der Waals surface area (Å²) >= 11 is 11.8. The van der Waals surface area contributed by atoms with Gasteiger partial charge in [0.05, 0.1) is 5.56 Å². The van der Waals surface area contributed by atoms with Gasteiger partial charge in [-0.2, -0.15) is 0 Å². The zero-order valence-corrected chi connectivity index (χ0v) is 11.7. The molecule has 0 bridgehead atoms. The second-order valence-electron chi connectivity index (χ2n) is 4.32. The average molecular weight is 297 g/mol. The van der Waals surface area contributed by atoms with Crippen molar-refractivity contribution < 1.29 is 9.18 Å². The molecule has 2 aromatic carbocycles. The van der Waals surface area contributed by atoms with Crippen LogP contribution in [0, 0.1) is 12.7 Å². The molecule has 0 atom stereocenters. The van der Waals surface area contributed by atoms with Gasteiger partial charge in [-0.1, -0.05) is 40.9 Å². The van der Waals surface area contributed by atoms with Crippen LogP contribution < -0.4 is 0 Å². The summed E-state index contributed by atoms with van der Waals surface area (Å²) < 4.78 is 13.6. The molecule has 0 saturated heterocycles. The van der Waals surface area contributed by atoms with E-state index in [9.17, 15) is 9.18 Å². The second-order valence-corrected chi connectivity index (χ2v) is 5.16. The Morgan fingerprint density at radius 3 is 2.58 bits per heavy atom. The SMILES string of the molecule is Cc1ccc(F)c(C(=O)Cc2ccc(Cl)cc2Cl)c1. The molecule has 2 rings (SSSR count). The Morgan fingerprint density at radius 1 is 1.16 bits per heavy atom. The number of hydrogen-bond acceptors (Lipinski definition) is 1. The largest absolute Gasteiger partial charge is 0.294 e. The Kier molecular flexibility index (Phi) is 4.23. The molecule has 0 fully saturated rings. The van der Waals surface area contributed by atoms with Crippen LogP contribution in [0.5, 0.6) is 0 Å². The zero-order chi connectivity index (χ0) is 14.0. The highest BCUT2D eigenvalue weighted by Crippen LogP contribution is 2.23. The van der Waals surface area contributed by atoms with E-state index in [0.29, 0.717) is 15.6 Å². The van der Waals surface area contributed by atoms with Crippen molar-refractivity contribution in [2.45, 2.75) is 13.3 Å². The first-order valence-corrected chi connectivity index (χ1v) is 6.46. The van der Waals surface area contributed by atoms with Crippen molar-refractivity contribution in [3.63, 3.8) is 0 Å². The number of carbonyl (C=O) groups is 1. The van der Waals surface area contributed by atoms with Gasteiger partial charge in [-0.15, -0.1) is 0 Å². The number of aryl methyl sites for hydroxylation is 1. The first-order chi connectivity index (χ1) is 8.97. The molecule has 2 aromatic rings. The molecule has 0 aliphatic rings. The zero-order valence-electron chi connectivity index (χ0n) is 10.2. The molecule has 0 aliphatic carbocycles. The van der Waals surface area contributed by atoms with E-state index in [1.54, 1.807) is 30.3 Å². The summed E-state index contributed by atoms with van der Waals surface area (Å²) in [7, 11) is 0. The highest BCUT2D eigenvalue weighted by atomic mass is 35.5. The monoisotopic (exact) mass is 296 g/mol. The third-order valence-corrected chi connectivity index (χ3v) is 3.38. The molecule has 0 aliphatic heterocycles. The lowest BCUT2D eigenvalue weighted by Gasteiger charge is -2.06. The smallest absolute Gasteiger partial charge is 0.170 e. The van der Waals surface area contributed by atoms with Crippen LogP contribution >= 0.6 is 23.2 Å². The van der Waals surface area contributed by atoms with Gasteiger partial charge in [0.1, 0.15) is 5.82 Å². The van der Waals surface area contributed by atoms with E-state index in [2.05, 4.69) is 0 Å². The molecule has 0 unspecified atom stereocenters. The highest BCUT2D eigenvalue weighted by molar-refractivity contribution is 6.35. The van der Waals surface area contributed by atoms with Gasteiger partial charge in [-0.05, 0) is 36.8 Å². The quantitative estimate of drug-likeness (QED) is 0.739. The van der Waals surface area contributed by atoms with E-state index in [1.165, 1.54) is 6.07 Å². The topological polar surface area (TPSA) is 17.1 Å². The van der Waals surface area contributed by atoms with Crippen molar-refractivity contribution in [1.29, 1.82) is 0 Å². The molecular weight excluding hydrogens is 286 g/mol. The molecule has 0 radical (unpaired) electrons. The van der Waals surface area contributed by atoms with E-state index in [4.69, 9.17) is 23.2 Å². The number of carbonyl (C=O) groups excluding carboxylic acids is 1. The number of ketones is 1. The lowest BCUT2D eigenvalue weighted by Crippen LogP contribution is -2.07. The predicted octanol–water partition coefficient (Wildman–Crippen LogP) is 4.87. The van der Waals surface area contributed by atoms with Gasteiger partial charge in [0.25, 0.3) is 0 Å². The number of hydrogen-bond donors (Lipinski definition) is 0. The van der Waals surface area contributed by atoms with Gasteiger partial charge >= 0.3 is 0 Å². The van der Waals surface area contributed by atoms with Crippen molar-refractivity contribution in [2.24, 2.45) is 0 Å². The van der Waals surface area contributed by atoms with Crippen LogP contribution in [0.4, 0.5) is 4.39 Å². The lowest BCUT2D eigenvalue weighted by atomic mass is 10.0. The third-order valence-electron chi connectivity index (χ3n) is 2.79. The van der Waals surface area contributed by atoms with E-state index in [0.717, 1.165) is 5.56 Å². The minimum Gasteiger partial charge on any atom is -0.294 e. The number of benzene rings is 2. The van der Waals surface area contributed by atoms with Crippen LogP contribution in [0.1, 0.15) is 21.5 Å². The van der Waals surface area contributed by atoms with Crippen LogP contribution in [-0.2, 0) is 6.42 Å². The average Bonchev–Trinajstić information content (AvgIpc) is 2.35. The first kappa shape index (κ1) is 14.0. The van der Waals surface area contributed by atoms with Crippen molar-refractivity contribution in [3.8, 4) is 0 Å². The molecule has 4 heteroatoms. The van der Waals surface area contributed by atoms with Crippen molar-refractivity contribution >= 4 is 29.0 Å². The van der Waals surface area contributed by atoms with Crippen molar-refractivity contribution in [2.75, 3.05) is 0 Å². The molecule has 1 nitrogen and oxygen atoms in total. The molecule has 0 amide bonds. The Morgan fingerprint density at radius 2 is 1.89 bits per heavy atom. The molecule has 98 valence electrons. The fraction of sp³-hybridized carbons (Fsp3) is 0.133. The predicted molar refractivity (Wildman–Crippen MR) is 75.6 cm³/mol. The standard InChI is InChI=1S/C15H11Cl2FO/c1-9-2-5-14(18)12(6-9)15(19)7-10-3-4-11(16)8-13(10)17/h2-6,8H,7H2,1H3. The minimum atomic E-state index is -0.513. The summed E-state index contributed by atoms with van der Waals surface area (Å²) in [5, 5.41) is 0.914. The van der Waals surface area contributed by atoms with Crippen molar-refractivity contribution in [1.82, 2.24) is 0 Å². The van der Waals surface area contributed by atoms with Crippen LogP contribution in [0.15, 0.2) is 36.4 Å². The molecule has 19 heavy (non-hydrogen) atoms. The Labute approximate surface area is 121 Å². The van der Waals surface area contributed by atoms with Gasteiger partial charge in [0, 0.05) is 16.5 Å². The Balaban J connectivity index is 2.28. The molecule has 0 N–H and O–H groups in total. The molecule has 0 saturated carbocycles. The van der Waals surface area contributed by atoms with Crippen LogP contribution in [0.3, 0.4) is 0 Å². The lowest BCUT2D eigenvalue weighted by molar-refractivity contribution is 0.0989. The van der Waals surface area contributed by atoms with Crippen molar-refractivity contribution in [3.05, 3.63) is 69.0 Å². The maximum Gasteiger partial charge on any atom is 0.170 e. The van der Waals surface area contributed by atoms with Gasteiger partial charge in [0.15, 0.2) is 5.78 Å². The number of Topliss-reactive ketones (excluding diaryl/α,β-unsaturated/α-hetero) is 1. The van der Waals surface area contributed by atoms with Gasteiger partial charge < -0.3 is 0 Å². The Bertz CT molecular complexity index is 638. The molecule has 0 heterocycles. The van der Waals surface area contributed by atoms with Gasteiger partial charge in [-0.3, -0.25) is 4.79 Å². The number of halogens is 3. The molecule has 0 aromatic heterocycles. The van der Waals surface area contributed by atoms with E-state index in [1.807, 2.05) is 6.92 Å². The summed E-state index contributed by atoms with van der Waals surface area (Å²) in [6.45, 7) is 1.81. The highest BCUT2D eigenvalue weighted by Gasteiger charge is 2.14. The van der Waals surface area contributed by atoms with Gasteiger partial charge in [0.2, 0.25) is 0 Å². The van der Waals surface area contributed by atoms with Crippen LogP contribution in [0.25, 0.3) is 0 Å². The fourth-order valence-electron chi connectivity index (χ4n) is 1.79. The summed E-state index contributed by atoms with van der Waals surface area (Å²) in [6.07, 6.45) is 0.0520. The van der Waals surface area contributed by atoms with E-state index < -0.39 is 5.82 Å². The van der Waals surface area contributed by atoms with Gasteiger partial charge in [-0.25, -0.2) is 4.39 Å². The van der Waals surface area contributed by atoms with Crippen LogP contribution in [0.2, 0.25) is 10.0 Å². The fourth-order valence-corrected chi connectivity index (χ4v) is 2.26. The van der Waals surface area contributed by atoms with E-state index >= 15 is 0 Å². The molecule has 0 spiro atoms. The summed E-state index contributed by atoms with van der Waals surface area (Å²) in [5.74, 6) is -0.814. The Hall–Kier alpha value is -1.38.